The quantitative estimate of drug-likeness (QED) is 0.912. The molecule has 2 aromatic rings. The predicted octanol–water partition coefficient (Wildman–Crippen LogP) is 2.80. The number of hydrogen-bond donors (Lipinski definition) is 1. The van der Waals surface area contributed by atoms with Crippen molar-refractivity contribution in [2.24, 2.45) is 0 Å². The van der Waals surface area contributed by atoms with Crippen LogP contribution in [0.25, 0.3) is 11.4 Å². The zero-order valence-electron chi connectivity index (χ0n) is 11.8. The second-order valence-corrected chi connectivity index (χ2v) is 5.16. The largest absolute Gasteiger partial charge is 0.312 e. The minimum atomic E-state index is -0.205. The molecule has 1 aromatic carbocycles. The summed E-state index contributed by atoms with van der Waals surface area (Å²) >= 11 is 0. The number of benzene rings is 1. The molecule has 3 rings (SSSR count). The number of aromatic nitrogens is 2. The normalized spacial score (nSPS) is 14.2. The fourth-order valence-electron chi connectivity index (χ4n) is 2.57. The Morgan fingerprint density at radius 1 is 1.30 bits per heavy atom. The molecule has 0 fully saturated rings. The van der Waals surface area contributed by atoms with E-state index in [0.29, 0.717) is 11.4 Å². The summed E-state index contributed by atoms with van der Waals surface area (Å²) in [5.74, 6) is 0.435. The third-order valence-electron chi connectivity index (χ3n) is 3.78. The lowest BCUT2D eigenvalue weighted by Crippen LogP contribution is -2.26. The molecular weight excluding hydrogens is 253 g/mol. The van der Waals surface area contributed by atoms with Gasteiger partial charge in [0.1, 0.15) is 5.82 Å². The molecule has 0 aliphatic carbocycles. The monoisotopic (exact) mass is 271 g/mol. The Morgan fingerprint density at radius 3 is 2.90 bits per heavy atom. The van der Waals surface area contributed by atoms with E-state index in [0.717, 1.165) is 42.9 Å². The Hall–Kier alpha value is -1.81. The summed E-state index contributed by atoms with van der Waals surface area (Å²) in [5, 5.41) is 3.35. The van der Waals surface area contributed by atoms with Crippen LogP contribution in [0.1, 0.15) is 29.4 Å². The highest BCUT2D eigenvalue weighted by molar-refractivity contribution is 5.57. The minimum absolute atomic E-state index is 0.205. The van der Waals surface area contributed by atoms with Crippen molar-refractivity contribution in [2.75, 3.05) is 6.54 Å². The first-order valence-corrected chi connectivity index (χ1v) is 7.05. The lowest BCUT2D eigenvalue weighted by molar-refractivity contribution is 0.615. The Bertz CT molecular complexity index is 635. The second kappa shape index (κ2) is 5.29. The van der Waals surface area contributed by atoms with Crippen LogP contribution in [-0.4, -0.2) is 16.5 Å². The number of nitrogens with zero attached hydrogens (tertiary/aromatic N) is 2. The lowest BCUT2D eigenvalue weighted by Gasteiger charge is -2.19. The molecule has 0 spiro atoms. The Kier molecular flexibility index (Phi) is 3.49. The van der Waals surface area contributed by atoms with E-state index in [1.54, 1.807) is 13.0 Å². The smallest absolute Gasteiger partial charge is 0.159 e. The third-order valence-corrected chi connectivity index (χ3v) is 3.78. The van der Waals surface area contributed by atoms with Gasteiger partial charge >= 0.3 is 0 Å². The van der Waals surface area contributed by atoms with Crippen LogP contribution in [-0.2, 0) is 19.4 Å². The standard InChI is InChI=1S/C16H18FN3/c1-3-14-12-9-18-7-6-15(12)20-16(19-14)11-5-4-10(2)13(17)8-11/h4-5,8,18H,3,6-7,9H2,1-2H3. The molecule has 4 heteroatoms. The maximum Gasteiger partial charge on any atom is 0.159 e. The van der Waals surface area contributed by atoms with Gasteiger partial charge in [0.05, 0.1) is 5.69 Å². The van der Waals surface area contributed by atoms with Gasteiger partial charge in [-0.25, -0.2) is 14.4 Å². The van der Waals surface area contributed by atoms with E-state index in [2.05, 4.69) is 22.2 Å². The van der Waals surface area contributed by atoms with Gasteiger partial charge in [-0.2, -0.15) is 0 Å². The molecule has 0 bridgehead atoms. The van der Waals surface area contributed by atoms with Crippen LogP contribution in [0, 0.1) is 12.7 Å². The van der Waals surface area contributed by atoms with E-state index in [1.165, 1.54) is 11.6 Å². The van der Waals surface area contributed by atoms with Crippen molar-refractivity contribution in [1.29, 1.82) is 0 Å². The molecule has 20 heavy (non-hydrogen) atoms. The Morgan fingerprint density at radius 2 is 2.15 bits per heavy atom. The van der Waals surface area contributed by atoms with Gasteiger partial charge in [0, 0.05) is 36.3 Å². The fraction of sp³-hybridized carbons (Fsp3) is 0.375. The Labute approximate surface area is 118 Å². The van der Waals surface area contributed by atoms with Gasteiger partial charge in [-0.05, 0) is 25.0 Å². The molecule has 1 aromatic heterocycles. The van der Waals surface area contributed by atoms with Crippen LogP contribution >= 0.6 is 0 Å². The highest BCUT2D eigenvalue weighted by atomic mass is 19.1. The van der Waals surface area contributed by atoms with Gasteiger partial charge < -0.3 is 5.32 Å². The molecule has 0 radical (unpaired) electrons. The van der Waals surface area contributed by atoms with E-state index in [9.17, 15) is 4.39 Å². The van der Waals surface area contributed by atoms with Gasteiger partial charge in [0.2, 0.25) is 0 Å². The molecule has 0 atom stereocenters. The zero-order chi connectivity index (χ0) is 14.1. The molecular formula is C16H18FN3. The summed E-state index contributed by atoms with van der Waals surface area (Å²) in [5.41, 5.74) is 4.79. The maximum absolute atomic E-state index is 13.7. The van der Waals surface area contributed by atoms with Crippen LogP contribution in [0.3, 0.4) is 0 Å². The maximum atomic E-state index is 13.7. The van der Waals surface area contributed by atoms with Crippen molar-refractivity contribution in [2.45, 2.75) is 33.2 Å². The topological polar surface area (TPSA) is 37.8 Å². The first-order valence-electron chi connectivity index (χ1n) is 7.05. The molecule has 0 saturated carbocycles. The van der Waals surface area contributed by atoms with Gasteiger partial charge in [-0.3, -0.25) is 0 Å². The number of nitrogens with one attached hydrogen (secondary N) is 1. The van der Waals surface area contributed by atoms with Crippen molar-refractivity contribution in [3.8, 4) is 11.4 Å². The second-order valence-electron chi connectivity index (χ2n) is 5.16. The average molecular weight is 271 g/mol. The van der Waals surface area contributed by atoms with E-state index >= 15 is 0 Å². The van der Waals surface area contributed by atoms with Gasteiger partial charge in [0.25, 0.3) is 0 Å². The first-order chi connectivity index (χ1) is 9.69. The molecule has 0 unspecified atom stereocenters. The van der Waals surface area contributed by atoms with Crippen molar-refractivity contribution in [1.82, 2.24) is 15.3 Å². The van der Waals surface area contributed by atoms with Crippen LogP contribution in [0.5, 0.6) is 0 Å². The third kappa shape index (κ3) is 2.31. The highest BCUT2D eigenvalue weighted by Crippen LogP contribution is 2.23. The summed E-state index contributed by atoms with van der Waals surface area (Å²) in [6.45, 7) is 5.63. The van der Waals surface area contributed by atoms with Gasteiger partial charge in [-0.1, -0.05) is 19.1 Å². The summed E-state index contributed by atoms with van der Waals surface area (Å²) in [6, 6.07) is 5.19. The van der Waals surface area contributed by atoms with Crippen molar-refractivity contribution < 1.29 is 4.39 Å². The molecule has 0 amide bonds. The van der Waals surface area contributed by atoms with Gasteiger partial charge in [-0.15, -0.1) is 0 Å². The summed E-state index contributed by atoms with van der Waals surface area (Å²) in [4.78, 5) is 9.27. The average Bonchev–Trinajstić information content (AvgIpc) is 2.49. The molecule has 3 nitrogen and oxygen atoms in total. The number of hydrogen-bond acceptors (Lipinski definition) is 3. The molecule has 2 heterocycles. The lowest BCUT2D eigenvalue weighted by atomic mass is 10.0. The number of fused-ring (bicyclic) bond motifs is 1. The summed E-state index contributed by atoms with van der Waals surface area (Å²) < 4.78 is 13.7. The fourth-order valence-corrected chi connectivity index (χ4v) is 2.57. The summed E-state index contributed by atoms with van der Waals surface area (Å²) in [7, 11) is 0. The minimum Gasteiger partial charge on any atom is -0.312 e. The molecule has 104 valence electrons. The SMILES string of the molecule is CCc1nc(-c2ccc(C)c(F)c2)nc2c1CNCC2. The molecule has 1 aliphatic rings. The molecule has 0 saturated heterocycles. The molecule has 1 aliphatic heterocycles. The predicted molar refractivity (Wildman–Crippen MR) is 77.0 cm³/mol. The van der Waals surface area contributed by atoms with Gasteiger partial charge in [0.15, 0.2) is 5.82 Å². The summed E-state index contributed by atoms with van der Waals surface area (Å²) in [6.07, 6.45) is 1.78. The highest BCUT2D eigenvalue weighted by Gasteiger charge is 2.17. The zero-order valence-corrected chi connectivity index (χ0v) is 11.8. The Balaban J connectivity index is 2.11. The van der Waals surface area contributed by atoms with E-state index in [1.807, 2.05) is 6.07 Å². The number of halogens is 1. The van der Waals surface area contributed by atoms with E-state index in [4.69, 9.17) is 0 Å². The van der Waals surface area contributed by atoms with E-state index in [-0.39, 0.29) is 5.82 Å². The van der Waals surface area contributed by atoms with Crippen molar-refractivity contribution in [3.05, 3.63) is 46.5 Å². The molecule has 1 N–H and O–H groups in total. The van der Waals surface area contributed by atoms with Crippen LogP contribution in [0.2, 0.25) is 0 Å². The van der Waals surface area contributed by atoms with Crippen LogP contribution in [0.15, 0.2) is 18.2 Å². The van der Waals surface area contributed by atoms with Crippen molar-refractivity contribution >= 4 is 0 Å². The number of rotatable bonds is 2. The van der Waals surface area contributed by atoms with Crippen LogP contribution < -0.4 is 5.32 Å². The van der Waals surface area contributed by atoms with E-state index < -0.39 is 0 Å². The number of aryl methyl sites for hydroxylation is 2. The first kappa shape index (κ1) is 13.2. The van der Waals surface area contributed by atoms with Crippen LogP contribution in [0.4, 0.5) is 4.39 Å². The van der Waals surface area contributed by atoms with Crippen molar-refractivity contribution in [3.63, 3.8) is 0 Å².